The van der Waals surface area contributed by atoms with Crippen LogP contribution in [0.2, 0.25) is 0 Å². The van der Waals surface area contributed by atoms with Crippen LogP contribution in [-0.2, 0) is 17.1 Å². The Bertz CT molecular complexity index is 776. The minimum absolute atomic E-state index is 0.137. The first-order chi connectivity index (χ1) is 8.88. The molecular weight excluding hydrogens is 290 g/mol. The number of aromatic nitrogens is 3. The van der Waals surface area contributed by atoms with Crippen molar-refractivity contribution in [1.29, 1.82) is 0 Å². The number of aryl methyl sites for hydroxylation is 1. The summed E-state index contributed by atoms with van der Waals surface area (Å²) < 4.78 is 23.1. The third-order valence-corrected chi connectivity index (χ3v) is 4.35. The largest absolute Gasteiger partial charge is 0.281 e. The summed E-state index contributed by atoms with van der Waals surface area (Å²) in [6.07, 6.45) is 2.90. The number of hydrogen-bond acceptors (Lipinski definition) is 6. The maximum absolute atomic E-state index is 11.8. The number of rotatable bonds is 2. The molecule has 0 saturated carbocycles. The van der Waals surface area contributed by atoms with Gasteiger partial charge in [-0.15, -0.1) is 5.10 Å². The lowest BCUT2D eigenvalue weighted by atomic mass is 10.3. The highest BCUT2D eigenvalue weighted by Crippen LogP contribution is 2.05. The number of hydrogen-bond donors (Lipinski definition) is 1. The van der Waals surface area contributed by atoms with E-state index in [0.29, 0.717) is 5.56 Å². The summed E-state index contributed by atoms with van der Waals surface area (Å²) in [6, 6.07) is 3.16. The smallest absolute Gasteiger partial charge is 0.267 e. The first kappa shape index (κ1) is 13.5. The van der Waals surface area contributed by atoms with Gasteiger partial charge in [-0.05, 0) is 12.1 Å². The molecule has 100 valence electrons. The van der Waals surface area contributed by atoms with Gasteiger partial charge < -0.3 is 0 Å². The molecule has 10 heteroatoms. The predicted octanol–water partition coefficient (Wildman–Crippen LogP) is -0.735. The van der Waals surface area contributed by atoms with Crippen molar-refractivity contribution in [3.63, 3.8) is 0 Å². The van der Waals surface area contributed by atoms with Crippen molar-refractivity contribution < 1.29 is 13.2 Å². The Labute approximate surface area is 112 Å². The van der Waals surface area contributed by atoms with Gasteiger partial charge in [0.25, 0.3) is 15.9 Å². The Hall–Kier alpha value is -1.91. The highest BCUT2D eigenvalue weighted by Gasteiger charge is 2.15. The maximum Gasteiger partial charge on any atom is 0.281 e. The van der Waals surface area contributed by atoms with Crippen molar-refractivity contribution >= 4 is 27.3 Å². The van der Waals surface area contributed by atoms with Crippen LogP contribution in [0.15, 0.2) is 33.9 Å². The number of sulfonamides is 1. The number of primary sulfonamides is 1. The van der Waals surface area contributed by atoms with Crippen molar-refractivity contribution in [2.45, 2.75) is 4.34 Å². The zero-order valence-corrected chi connectivity index (χ0v) is 11.3. The van der Waals surface area contributed by atoms with Crippen molar-refractivity contribution in [3.8, 4) is 0 Å². The topological polar surface area (TPSA) is 120 Å². The average Bonchev–Trinajstić information content (AvgIpc) is 2.72. The van der Waals surface area contributed by atoms with E-state index in [1.165, 1.54) is 24.1 Å². The number of nitrogens with zero attached hydrogens (tertiary/aromatic N) is 4. The second kappa shape index (κ2) is 4.99. The van der Waals surface area contributed by atoms with Gasteiger partial charge in [-0.1, -0.05) is 11.3 Å². The van der Waals surface area contributed by atoms with Crippen LogP contribution in [0.1, 0.15) is 10.4 Å². The summed E-state index contributed by atoms with van der Waals surface area (Å²) in [5.41, 5.74) is 0.299. The number of amides is 1. The Morgan fingerprint density at radius 2 is 2.26 bits per heavy atom. The van der Waals surface area contributed by atoms with Crippen molar-refractivity contribution in [3.05, 3.63) is 34.9 Å². The molecule has 0 fully saturated rings. The van der Waals surface area contributed by atoms with Crippen LogP contribution in [0.5, 0.6) is 0 Å². The lowest BCUT2D eigenvalue weighted by Gasteiger charge is -1.92. The molecule has 2 N–H and O–H groups in total. The van der Waals surface area contributed by atoms with Gasteiger partial charge >= 0.3 is 0 Å². The molecule has 19 heavy (non-hydrogen) atoms. The summed E-state index contributed by atoms with van der Waals surface area (Å²) >= 11 is 0.720. The van der Waals surface area contributed by atoms with Crippen LogP contribution < -0.4 is 9.94 Å². The lowest BCUT2D eigenvalue weighted by molar-refractivity contribution is 0.0997. The van der Waals surface area contributed by atoms with Crippen LogP contribution in [0.4, 0.5) is 0 Å². The molecule has 0 unspecified atom stereocenters. The Morgan fingerprint density at radius 1 is 1.53 bits per heavy atom. The van der Waals surface area contributed by atoms with Gasteiger partial charge in [-0.3, -0.25) is 9.78 Å². The SMILES string of the molecule is Cn1nc(S(N)(=O)=O)sc1=NC(=O)c1cccnc1. The van der Waals surface area contributed by atoms with Gasteiger partial charge in [-0.25, -0.2) is 18.2 Å². The number of carbonyl (C=O) groups excluding carboxylic acids is 1. The third kappa shape index (κ3) is 3.10. The van der Waals surface area contributed by atoms with E-state index in [2.05, 4.69) is 15.1 Å². The molecule has 0 bridgehead atoms. The van der Waals surface area contributed by atoms with E-state index in [1.807, 2.05) is 0 Å². The minimum atomic E-state index is -3.90. The molecule has 0 aromatic carbocycles. The molecule has 2 rings (SSSR count). The second-order valence-corrected chi connectivity index (χ2v) is 6.17. The van der Waals surface area contributed by atoms with Gasteiger partial charge in [0.2, 0.25) is 9.14 Å². The molecule has 2 heterocycles. The van der Waals surface area contributed by atoms with Gasteiger partial charge in [0.05, 0.1) is 5.56 Å². The fourth-order valence-electron chi connectivity index (χ4n) is 1.18. The zero-order valence-electron chi connectivity index (χ0n) is 9.72. The Kier molecular flexibility index (Phi) is 3.55. The van der Waals surface area contributed by atoms with Gasteiger partial charge in [0.15, 0.2) is 0 Å². The average molecular weight is 299 g/mol. The van der Waals surface area contributed by atoms with Crippen LogP contribution in [0, 0.1) is 0 Å². The first-order valence-corrected chi connectivity index (χ1v) is 7.30. The Morgan fingerprint density at radius 3 is 2.79 bits per heavy atom. The predicted molar refractivity (Wildman–Crippen MR) is 66.6 cm³/mol. The van der Waals surface area contributed by atoms with Gasteiger partial charge in [-0.2, -0.15) is 4.99 Å². The number of carbonyl (C=O) groups is 1. The molecule has 8 nitrogen and oxygen atoms in total. The summed E-state index contributed by atoms with van der Waals surface area (Å²) in [5.74, 6) is -0.534. The van der Waals surface area contributed by atoms with Crippen molar-refractivity contribution in [2.24, 2.45) is 17.2 Å². The fourth-order valence-corrected chi connectivity index (χ4v) is 2.73. The van der Waals surface area contributed by atoms with Gasteiger partial charge in [0.1, 0.15) is 0 Å². The van der Waals surface area contributed by atoms with Crippen LogP contribution in [-0.4, -0.2) is 29.1 Å². The van der Waals surface area contributed by atoms with Crippen LogP contribution in [0.25, 0.3) is 0 Å². The second-order valence-electron chi connectivity index (χ2n) is 3.48. The summed E-state index contributed by atoms with van der Waals surface area (Å²) in [7, 11) is -2.43. The first-order valence-electron chi connectivity index (χ1n) is 4.94. The molecule has 0 saturated heterocycles. The molecule has 0 aliphatic heterocycles. The fraction of sp³-hybridized carbons (Fsp3) is 0.111. The van der Waals surface area contributed by atoms with E-state index in [1.54, 1.807) is 12.1 Å². The number of pyridine rings is 1. The molecule has 0 aliphatic rings. The molecule has 0 radical (unpaired) electrons. The van der Waals surface area contributed by atoms with Crippen LogP contribution in [0.3, 0.4) is 0 Å². The highest BCUT2D eigenvalue weighted by atomic mass is 32.2. The molecule has 2 aromatic rings. The molecule has 0 spiro atoms. The molecular formula is C9H9N5O3S2. The molecule has 2 aromatic heterocycles. The van der Waals surface area contributed by atoms with Crippen molar-refractivity contribution in [2.75, 3.05) is 0 Å². The van der Waals surface area contributed by atoms with E-state index < -0.39 is 15.9 Å². The quantitative estimate of drug-likeness (QED) is 0.783. The number of nitrogens with two attached hydrogens (primary N) is 1. The minimum Gasteiger partial charge on any atom is -0.267 e. The van der Waals surface area contributed by atoms with E-state index in [4.69, 9.17) is 5.14 Å². The maximum atomic E-state index is 11.8. The van der Waals surface area contributed by atoms with E-state index in [9.17, 15) is 13.2 Å². The van der Waals surface area contributed by atoms with Gasteiger partial charge in [0, 0.05) is 19.4 Å². The standard InChI is InChI=1S/C9H9N5O3S2/c1-14-8(18-9(13-14)19(10,16)17)12-7(15)6-3-2-4-11-5-6/h2-5H,1H3,(H2,10,16,17). The summed E-state index contributed by atoms with van der Waals surface area (Å²) in [6.45, 7) is 0. The normalized spacial score (nSPS) is 12.6. The van der Waals surface area contributed by atoms with Crippen LogP contribution >= 0.6 is 11.3 Å². The highest BCUT2D eigenvalue weighted by molar-refractivity contribution is 7.91. The third-order valence-electron chi connectivity index (χ3n) is 2.04. The monoisotopic (exact) mass is 299 g/mol. The van der Waals surface area contributed by atoms with E-state index >= 15 is 0 Å². The lowest BCUT2D eigenvalue weighted by Crippen LogP contribution is -2.15. The molecule has 1 amide bonds. The van der Waals surface area contributed by atoms with Crippen molar-refractivity contribution in [1.82, 2.24) is 14.8 Å². The van der Waals surface area contributed by atoms with E-state index in [-0.39, 0.29) is 9.14 Å². The van der Waals surface area contributed by atoms with E-state index in [0.717, 1.165) is 11.3 Å². The summed E-state index contributed by atoms with van der Waals surface area (Å²) in [5, 5.41) is 8.64. The molecule has 0 aliphatic carbocycles. The summed E-state index contributed by atoms with van der Waals surface area (Å²) in [4.78, 5) is 19.5. The zero-order chi connectivity index (χ0) is 14.0. The molecule has 0 atom stereocenters. The Balaban J connectivity index is 2.46.